The number of rotatable bonds is 7. The normalized spacial score (nSPS) is 10.6. The highest BCUT2D eigenvalue weighted by molar-refractivity contribution is 7.16. The van der Waals surface area contributed by atoms with Crippen LogP contribution in [0.15, 0.2) is 6.20 Å². The second-order valence-corrected chi connectivity index (χ2v) is 4.55. The first-order chi connectivity index (χ1) is 8.58. The Kier molecular flexibility index (Phi) is 5.66. The van der Waals surface area contributed by atoms with E-state index in [-0.39, 0.29) is 15.9 Å². The molecule has 1 amide bonds. The molecule has 0 fully saturated rings. The lowest BCUT2D eigenvalue weighted by atomic mass is 10.4. The van der Waals surface area contributed by atoms with Gasteiger partial charge in [-0.1, -0.05) is 13.8 Å². The van der Waals surface area contributed by atoms with Crippen molar-refractivity contribution < 1.29 is 9.72 Å². The summed E-state index contributed by atoms with van der Waals surface area (Å²) in [5, 5.41) is 13.2. The molecule has 1 aromatic rings. The Morgan fingerprint density at radius 3 is 2.72 bits per heavy atom. The largest absolute Gasteiger partial charge is 0.349 e. The fraction of sp³-hybridized carbons (Fsp3) is 0.600. The highest BCUT2D eigenvalue weighted by Gasteiger charge is 2.16. The van der Waals surface area contributed by atoms with Gasteiger partial charge in [-0.15, -0.1) is 0 Å². The van der Waals surface area contributed by atoms with Crippen molar-refractivity contribution in [3.05, 3.63) is 21.3 Å². The van der Waals surface area contributed by atoms with E-state index in [1.807, 2.05) is 0 Å². The highest BCUT2D eigenvalue weighted by atomic mass is 32.1. The molecule has 1 rings (SSSR count). The molecule has 1 heterocycles. The van der Waals surface area contributed by atoms with Gasteiger partial charge in [0.05, 0.1) is 4.92 Å². The molecule has 0 aromatic carbocycles. The number of hydrogen-bond acceptors (Lipinski definition) is 6. The maximum atomic E-state index is 11.6. The first-order valence-corrected chi connectivity index (χ1v) is 6.50. The Morgan fingerprint density at radius 2 is 2.22 bits per heavy atom. The average molecular weight is 272 g/mol. The molecule has 0 spiro atoms. The smallest absolute Gasteiger partial charge is 0.344 e. The predicted octanol–water partition coefficient (Wildman–Crippen LogP) is 1.12. The summed E-state index contributed by atoms with van der Waals surface area (Å²) in [7, 11) is 0. The number of thiazole rings is 1. The number of likely N-dealkylation sites (N-methyl/N-ethyl adjacent to an activating group) is 1. The maximum Gasteiger partial charge on any atom is 0.344 e. The lowest BCUT2D eigenvalue weighted by Crippen LogP contribution is -2.34. The highest BCUT2D eigenvalue weighted by Crippen LogP contribution is 2.20. The number of amides is 1. The van der Waals surface area contributed by atoms with Gasteiger partial charge in [0.15, 0.2) is 5.01 Å². The number of nitrogens with one attached hydrogen (secondary N) is 1. The zero-order chi connectivity index (χ0) is 13.5. The summed E-state index contributed by atoms with van der Waals surface area (Å²) in [6.07, 6.45) is 1.10. The summed E-state index contributed by atoms with van der Waals surface area (Å²) in [6, 6.07) is 0. The van der Waals surface area contributed by atoms with Gasteiger partial charge in [-0.2, -0.15) is 0 Å². The van der Waals surface area contributed by atoms with Crippen molar-refractivity contribution in [2.24, 2.45) is 0 Å². The molecule has 0 unspecified atom stereocenters. The van der Waals surface area contributed by atoms with Gasteiger partial charge in [0.1, 0.15) is 6.20 Å². The van der Waals surface area contributed by atoms with Crippen LogP contribution in [0.4, 0.5) is 5.00 Å². The molecule has 0 aliphatic carbocycles. The minimum atomic E-state index is -0.551. The van der Waals surface area contributed by atoms with Gasteiger partial charge in [-0.25, -0.2) is 4.98 Å². The van der Waals surface area contributed by atoms with Gasteiger partial charge in [0.2, 0.25) is 0 Å². The van der Waals surface area contributed by atoms with Crippen molar-refractivity contribution in [1.82, 2.24) is 15.2 Å². The van der Waals surface area contributed by atoms with Crippen molar-refractivity contribution in [1.29, 1.82) is 0 Å². The lowest BCUT2D eigenvalue weighted by molar-refractivity contribution is -0.380. The van der Waals surface area contributed by atoms with Gasteiger partial charge in [0, 0.05) is 13.1 Å². The average Bonchev–Trinajstić information content (AvgIpc) is 2.84. The van der Waals surface area contributed by atoms with Crippen LogP contribution in [0.3, 0.4) is 0 Å². The summed E-state index contributed by atoms with van der Waals surface area (Å²) >= 11 is 0.784. The van der Waals surface area contributed by atoms with E-state index in [0.717, 1.165) is 37.2 Å². The Morgan fingerprint density at radius 1 is 1.56 bits per heavy atom. The summed E-state index contributed by atoms with van der Waals surface area (Å²) < 4.78 is 0. The third kappa shape index (κ3) is 4.04. The van der Waals surface area contributed by atoms with Crippen LogP contribution in [-0.2, 0) is 0 Å². The van der Waals surface area contributed by atoms with Crippen molar-refractivity contribution >= 4 is 22.2 Å². The van der Waals surface area contributed by atoms with E-state index in [0.29, 0.717) is 6.54 Å². The molecule has 0 saturated heterocycles. The van der Waals surface area contributed by atoms with E-state index in [9.17, 15) is 14.9 Å². The molecule has 0 bridgehead atoms. The van der Waals surface area contributed by atoms with Crippen LogP contribution < -0.4 is 5.32 Å². The van der Waals surface area contributed by atoms with E-state index in [1.165, 1.54) is 0 Å². The maximum absolute atomic E-state index is 11.6. The van der Waals surface area contributed by atoms with Gasteiger partial charge < -0.3 is 10.2 Å². The summed E-state index contributed by atoms with van der Waals surface area (Å²) in [6.45, 7) is 7.22. The van der Waals surface area contributed by atoms with Crippen LogP contribution in [0.25, 0.3) is 0 Å². The molecule has 100 valence electrons. The molecular weight excluding hydrogens is 256 g/mol. The fourth-order valence-corrected chi connectivity index (χ4v) is 2.05. The number of nitro groups is 1. The standard InChI is InChI=1S/C10H16N4O3S/c1-3-13(4-2)6-5-11-9(15)10-12-7-8(18-10)14(16)17/h7H,3-6H2,1-2H3,(H,11,15). The van der Waals surface area contributed by atoms with E-state index in [1.54, 1.807) is 0 Å². The van der Waals surface area contributed by atoms with E-state index in [2.05, 4.69) is 29.0 Å². The van der Waals surface area contributed by atoms with E-state index >= 15 is 0 Å². The second kappa shape index (κ2) is 7.02. The van der Waals surface area contributed by atoms with Gasteiger partial charge in [0.25, 0.3) is 5.91 Å². The van der Waals surface area contributed by atoms with Crippen molar-refractivity contribution in [3.63, 3.8) is 0 Å². The van der Waals surface area contributed by atoms with E-state index < -0.39 is 4.92 Å². The topological polar surface area (TPSA) is 88.4 Å². The van der Waals surface area contributed by atoms with Gasteiger partial charge >= 0.3 is 5.00 Å². The number of carbonyl (C=O) groups is 1. The number of hydrogen-bond donors (Lipinski definition) is 1. The Balaban J connectivity index is 2.42. The molecule has 1 aromatic heterocycles. The number of aromatic nitrogens is 1. The zero-order valence-corrected chi connectivity index (χ0v) is 11.2. The van der Waals surface area contributed by atoms with E-state index in [4.69, 9.17) is 0 Å². The van der Waals surface area contributed by atoms with Crippen LogP contribution >= 0.6 is 11.3 Å². The van der Waals surface area contributed by atoms with Gasteiger partial charge in [-0.3, -0.25) is 14.9 Å². The quantitative estimate of drug-likeness (QED) is 0.593. The number of carbonyl (C=O) groups excluding carboxylic acids is 1. The Labute approximate surface area is 109 Å². The molecular formula is C10H16N4O3S. The molecule has 0 aliphatic rings. The fourth-order valence-electron chi connectivity index (χ4n) is 1.40. The molecule has 8 heteroatoms. The summed E-state index contributed by atoms with van der Waals surface area (Å²) in [4.78, 5) is 27.4. The Hall–Kier alpha value is -1.54. The molecule has 7 nitrogen and oxygen atoms in total. The first kappa shape index (κ1) is 14.5. The van der Waals surface area contributed by atoms with Crippen molar-refractivity contribution in [2.75, 3.05) is 26.2 Å². The van der Waals surface area contributed by atoms with Crippen LogP contribution in [0.1, 0.15) is 23.6 Å². The summed E-state index contributed by atoms with van der Waals surface area (Å²) in [5.74, 6) is -0.361. The van der Waals surface area contributed by atoms with Crippen LogP contribution in [0.2, 0.25) is 0 Å². The van der Waals surface area contributed by atoms with Crippen molar-refractivity contribution in [3.8, 4) is 0 Å². The Bertz CT molecular complexity index is 417. The van der Waals surface area contributed by atoms with Crippen molar-refractivity contribution in [2.45, 2.75) is 13.8 Å². The molecule has 0 saturated carbocycles. The third-order valence-corrected chi connectivity index (χ3v) is 3.42. The molecule has 0 aliphatic heterocycles. The number of nitrogens with zero attached hydrogens (tertiary/aromatic N) is 3. The molecule has 1 N–H and O–H groups in total. The van der Waals surface area contributed by atoms with Crippen LogP contribution in [-0.4, -0.2) is 46.9 Å². The van der Waals surface area contributed by atoms with Gasteiger partial charge in [-0.05, 0) is 24.4 Å². The monoisotopic (exact) mass is 272 g/mol. The minimum Gasteiger partial charge on any atom is -0.349 e. The third-order valence-electron chi connectivity index (χ3n) is 2.48. The second-order valence-electron chi connectivity index (χ2n) is 3.54. The lowest BCUT2D eigenvalue weighted by Gasteiger charge is -2.17. The zero-order valence-electron chi connectivity index (χ0n) is 10.4. The minimum absolute atomic E-state index is 0.121. The predicted molar refractivity (Wildman–Crippen MR) is 68.9 cm³/mol. The van der Waals surface area contributed by atoms with Crippen LogP contribution in [0.5, 0.6) is 0 Å². The van der Waals surface area contributed by atoms with Crippen LogP contribution in [0, 0.1) is 10.1 Å². The SMILES string of the molecule is CCN(CC)CCNC(=O)c1ncc([N+](=O)[O-])s1. The first-order valence-electron chi connectivity index (χ1n) is 5.69. The molecule has 0 atom stereocenters. The summed E-state index contributed by atoms with van der Waals surface area (Å²) in [5.41, 5.74) is 0. The molecule has 18 heavy (non-hydrogen) atoms. The molecule has 0 radical (unpaired) electrons.